The van der Waals surface area contributed by atoms with Crippen molar-refractivity contribution in [3.63, 3.8) is 0 Å². The van der Waals surface area contributed by atoms with Crippen LogP contribution >= 0.6 is 11.3 Å². The molecule has 2 N–H and O–H groups in total. The van der Waals surface area contributed by atoms with Crippen molar-refractivity contribution in [2.45, 2.75) is 59.1 Å². The normalized spacial score (nSPS) is 16.3. The summed E-state index contributed by atoms with van der Waals surface area (Å²) in [6.07, 6.45) is 2.13. The third-order valence-corrected chi connectivity index (χ3v) is 4.89. The van der Waals surface area contributed by atoms with E-state index in [0.717, 1.165) is 31.2 Å². The van der Waals surface area contributed by atoms with Crippen LogP contribution in [0.25, 0.3) is 0 Å². The van der Waals surface area contributed by atoms with E-state index in [4.69, 9.17) is 4.74 Å². The number of piperidine rings is 1. The highest BCUT2D eigenvalue weighted by Crippen LogP contribution is 2.21. The molecule has 0 aliphatic carbocycles. The molecule has 1 aromatic heterocycles. The lowest BCUT2D eigenvalue weighted by molar-refractivity contribution is -0.116. The van der Waals surface area contributed by atoms with Crippen molar-refractivity contribution in [2.75, 3.05) is 25.0 Å². The molecule has 0 saturated carbocycles. The Morgan fingerprint density at radius 1 is 1.35 bits per heavy atom. The first kappa shape index (κ1) is 20.6. The van der Waals surface area contributed by atoms with Crippen molar-refractivity contribution < 1.29 is 14.3 Å². The molecule has 26 heavy (non-hydrogen) atoms. The van der Waals surface area contributed by atoms with Crippen LogP contribution in [-0.2, 0) is 16.1 Å². The van der Waals surface area contributed by atoms with Crippen LogP contribution < -0.4 is 10.6 Å². The van der Waals surface area contributed by atoms with E-state index in [9.17, 15) is 9.59 Å². The van der Waals surface area contributed by atoms with Gasteiger partial charge in [-0.3, -0.25) is 9.69 Å². The predicted molar refractivity (Wildman–Crippen MR) is 103 cm³/mol. The zero-order chi connectivity index (χ0) is 19.2. The molecule has 2 amide bonds. The second kappa shape index (κ2) is 9.32. The van der Waals surface area contributed by atoms with Gasteiger partial charge in [0, 0.05) is 24.9 Å². The van der Waals surface area contributed by atoms with E-state index in [2.05, 4.69) is 27.4 Å². The quantitative estimate of drug-likeness (QED) is 0.789. The average Bonchev–Trinajstić information content (AvgIpc) is 2.94. The minimum absolute atomic E-state index is 0.172. The lowest BCUT2D eigenvalue weighted by Crippen LogP contribution is -2.34. The number of thiazole rings is 1. The minimum Gasteiger partial charge on any atom is -0.444 e. The Labute approximate surface area is 159 Å². The van der Waals surface area contributed by atoms with Crippen LogP contribution in [0.1, 0.15) is 52.7 Å². The van der Waals surface area contributed by atoms with Gasteiger partial charge in [0.05, 0.1) is 5.69 Å². The fourth-order valence-electron chi connectivity index (χ4n) is 2.66. The van der Waals surface area contributed by atoms with Gasteiger partial charge in [0.1, 0.15) is 5.60 Å². The van der Waals surface area contributed by atoms with E-state index < -0.39 is 11.7 Å². The van der Waals surface area contributed by atoms with Crippen molar-refractivity contribution >= 4 is 28.5 Å². The van der Waals surface area contributed by atoms with Crippen molar-refractivity contribution in [2.24, 2.45) is 5.92 Å². The summed E-state index contributed by atoms with van der Waals surface area (Å²) in [5.74, 6) is 0.638. The standard InChI is InChI=1S/C18H30N4O3S/c1-13-6-9-22(10-7-13)11-14-12-26-16(20-14)21-15(23)5-8-19-17(24)25-18(2,3)4/h12-13H,5-11H2,1-4H3,(H,19,24)(H,20,21,23). The first-order valence-electron chi connectivity index (χ1n) is 9.15. The van der Waals surface area contributed by atoms with Gasteiger partial charge < -0.3 is 15.4 Å². The van der Waals surface area contributed by atoms with Crippen LogP contribution in [0.2, 0.25) is 0 Å². The van der Waals surface area contributed by atoms with Gasteiger partial charge in [-0.15, -0.1) is 11.3 Å². The molecule has 0 atom stereocenters. The lowest BCUT2D eigenvalue weighted by Gasteiger charge is -2.29. The van der Waals surface area contributed by atoms with Crippen LogP contribution in [0, 0.1) is 5.92 Å². The predicted octanol–water partition coefficient (Wildman–Crippen LogP) is 3.23. The molecule has 0 spiro atoms. The van der Waals surface area contributed by atoms with Crippen LogP contribution in [0.5, 0.6) is 0 Å². The minimum atomic E-state index is -0.546. The SMILES string of the molecule is CC1CCN(Cc2csc(NC(=O)CCNC(=O)OC(C)(C)C)n2)CC1. The summed E-state index contributed by atoms with van der Waals surface area (Å²) in [4.78, 5) is 30.4. The molecule has 1 aliphatic heterocycles. The average molecular weight is 383 g/mol. The number of carbonyl (C=O) groups is 2. The third kappa shape index (κ3) is 7.70. The molecule has 0 bridgehead atoms. The molecule has 1 aliphatic rings. The van der Waals surface area contributed by atoms with Gasteiger partial charge >= 0.3 is 6.09 Å². The number of rotatable bonds is 6. The van der Waals surface area contributed by atoms with E-state index >= 15 is 0 Å². The largest absolute Gasteiger partial charge is 0.444 e. The highest BCUT2D eigenvalue weighted by atomic mass is 32.1. The Hall–Kier alpha value is -1.67. The molecular formula is C18H30N4O3S. The van der Waals surface area contributed by atoms with E-state index in [1.54, 1.807) is 20.8 Å². The van der Waals surface area contributed by atoms with Gasteiger partial charge in [0.25, 0.3) is 0 Å². The number of hydrogen-bond donors (Lipinski definition) is 2. The maximum atomic E-state index is 12.0. The number of ether oxygens (including phenoxy) is 1. The number of alkyl carbamates (subject to hydrolysis) is 1. The monoisotopic (exact) mass is 382 g/mol. The summed E-state index contributed by atoms with van der Waals surface area (Å²) in [6.45, 7) is 11.0. The third-order valence-electron chi connectivity index (χ3n) is 4.08. The second-order valence-electron chi connectivity index (χ2n) is 7.83. The van der Waals surface area contributed by atoms with Crippen LogP contribution in [0.15, 0.2) is 5.38 Å². The van der Waals surface area contributed by atoms with E-state index in [-0.39, 0.29) is 18.9 Å². The summed E-state index contributed by atoms with van der Waals surface area (Å²) in [5.41, 5.74) is 0.447. The number of nitrogens with zero attached hydrogens (tertiary/aromatic N) is 2. The van der Waals surface area contributed by atoms with Gasteiger partial charge in [0.15, 0.2) is 5.13 Å². The highest BCUT2D eigenvalue weighted by Gasteiger charge is 2.18. The number of anilines is 1. The van der Waals surface area contributed by atoms with Crippen molar-refractivity contribution in [3.05, 3.63) is 11.1 Å². The number of amides is 2. The van der Waals surface area contributed by atoms with E-state index in [1.165, 1.54) is 24.2 Å². The maximum Gasteiger partial charge on any atom is 0.407 e. The lowest BCUT2D eigenvalue weighted by atomic mass is 9.99. The van der Waals surface area contributed by atoms with E-state index in [0.29, 0.717) is 5.13 Å². The van der Waals surface area contributed by atoms with Crippen LogP contribution in [0.3, 0.4) is 0 Å². The smallest absolute Gasteiger partial charge is 0.407 e. The molecule has 2 heterocycles. The molecule has 0 radical (unpaired) electrons. The van der Waals surface area contributed by atoms with Crippen molar-refractivity contribution in [1.29, 1.82) is 0 Å². The summed E-state index contributed by atoms with van der Waals surface area (Å²) >= 11 is 1.43. The first-order valence-corrected chi connectivity index (χ1v) is 10.0. The van der Waals surface area contributed by atoms with Crippen LogP contribution in [0.4, 0.5) is 9.93 Å². The molecule has 8 heteroatoms. The topological polar surface area (TPSA) is 83.6 Å². The van der Waals surface area contributed by atoms with E-state index in [1.807, 2.05) is 5.38 Å². The van der Waals surface area contributed by atoms with Crippen LogP contribution in [-0.4, -0.2) is 47.1 Å². The molecule has 146 valence electrons. The summed E-state index contributed by atoms with van der Waals surface area (Å²) < 4.78 is 5.12. The molecule has 1 saturated heterocycles. The Kier molecular flexibility index (Phi) is 7.40. The van der Waals surface area contributed by atoms with Gasteiger partial charge in [-0.1, -0.05) is 6.92 Å². The van der Waals surface area contributed by atoms with Gasteiger partial charge in [0.2, 0.25) is 5.91 Å². The molecule has 2 rings (SSSR count). The Morgan fingerprint density at radius 3 is 2.69 bits per heavy atom. The highest BCUT2D eigenvalue weighted by molar-refractivity contribution is 7.13. The Bertz CT molecular complexity index is 604. The number of nitrogens with one attached hydrogen (secondary N) is 2. The number of hydrogen-bond acceptors (Lipinski definition) is 6. The van der Waals surface area contributed by atoms with Gasteiger partial charge in [-0.05, 0) is 52.6 Å². The molecule has 0 unspecified atom stereocenters. The Balaban J connectivity index is 1.68. The van der Waals surface area contributed by atoms with Gasteiger partial charge in [-0.25, -0.2) is 9.78 Å². The first-order chi connectivity index (χ1) is 12.2. The Morgan fingerprint density at radius 2 is 2.04 bits per heavy atom. The fourth-order valence-corrected chi connectivity index (χ4v) is 3.38. The molecule has 1 aromatic rings. The maximum absolute atomic E-state index is 12.0. The molecular weight excluding hydrogens is 352 g/mol. The fraction of sp³-hybridized carbons (Fsp3) is 0.722. The van der Waals surface area contributed by atoms with Crippen molar-refractivity contribution in [1.82, 2.24) is 15.2 Å². The zero-order valence-corrected chi connectivity index (χ0v) is 16.9. The number of carbonyl (C=O) groups excluding carboxylic acids is 2. The van der Waals surface area contributed by atoms with Gasteiger partial charge in [-0.2, -0.15) is 0 Å². The second-order valence-corrected chi connectivity index (χ2v) is 8.69. The molecule has 7 nitrogen and oxygen atoms in total. The summed E-state index contributed by atoms with van der Waals surface area (Å²) in [7, 11) is 0. The molecule has 0 aromatic carbocycles. The summed E-state index contributed by atoms with van der Waals surface area (Å²) in [6, 6.07) is 0. The zero-order valence-electron chi connectivity index (χ0n) is 16.1. The number of aromatic nitrogens is 1. The summed E-state index contributed by atoms with van der Waals surface area (Å²) in [5, 5.41) is 7.96. The number of likely N-dealkylation sites (tertiary alicyclic amines) is 1. The molecule has 1 fully saturated rings. The van der Waals surface area contributed by atoms with Crippen molar-refractivity contribution in [3.8, 4) is 0 Å².